The van der Waals surface area contributed by atoms with E-state index in [1.807, 2.05) is 35.7 Å². The summed E-state index contributed by atoms with van der Waals surface area (Å²) >= 11 is 1.49. The smallest absolute Gasteiger partial charge is 0.250 e. The van der Waals surface area contributed by atoms with Gasteiger partial charge >= 0.3 is 0 Å². The molecule has 1 aromatic heterocycles. The second-order valence-electron chi connectivity index (χ2n) is 2.93. The molecule has 2 rings (SSSR count). The van der Waals surface area contributed by atoms with Crippen molar-refractivity contribution < 1.29 is 4.79 Å². The molecule has 70 valence electrons. The van der Waals surface area contributed by atoms with E-state index >= 15 is 0 Å². The highest BCUT2D eigenvalue weighted by molar-refractivity contribution is 7.08. The number of nitrogens with two attached hydrogens (primary N) is 1. The van der Waals surface area contributed by atoms with Crippen LogP contribution in [-0.4, -0.2) is 5.91 Å². The Hall–Kier alpha value is -1.61. The van der Waals surface area contributed by atoms with Crippen molar-refractivity contribution in [3.63, 3.8) is 0 Å². The summed E-state index contributed by atoms with van der Waals surface area (Å²) in [6, 6.07) is 9.76. The van der Waals surface area contributed by atoms with Crippen LogP contribution in [0.3, 0.4) is 0 Å². The average molecular weight is 203 g/mol. The summed E-state index contributed by atoms with van der Waals surface area (Å²) in [4.78, 5) is 11.1. The van der Waals surface area contributed by atoms with Gasteiger partial charge in [0.05, 0.1) is 5.56 Å². The fraction of sp³-hybridized carbons (Fsp3) is 0. The Bertz CT molecular complexity index is 447. The Labute approximate surface area is 86.0 Å². The number of hydrogen-bond donors (Lipinski definition) is 1. The van der Waals surface area contributed by atoms with E-state index in [0.717, 1.165) is 11.1 Å². The lowest BCUT2D eigenvalue weighted by atomic mass is 10.0. The second-order valence-corrected chi connectivity index (χ2v) is 3.67. The molecule has 1 aromatic carbocycles. The van der Waals surface area contributed by atoms with Gasteiger partial charge in [-0.25, -0.2) is 0 Å². The van der Waals surface area contributed by atoms with Gasteiger partial charge in [0.2, 0.25) is 5.91 Å². The molecule has 0 unspecified atom stereocenters. The molecule has 0 saturated carbocycles. The van der Waals surface area contributed by atoms with E-state index in [0.29, 0.717) is 5.56 Å². The lowest BCUT2D eigenvalue weighted by Crippen LogP contribution is -2.10. The molecule has 3 heteroatoms. The largest absolute Gasteiger partial charge is 0.366 e. The molecular weight excluding hydrogens is 194 g/mol. The predicted octanol–water partition coefficient (Wildman–Crippen LogP) is 2.51. The van der Waals surface area contributed by atoms with Crippen LogP contribution < -0.4 is 5.73 Å². The first-order valence-electron chi connectivity index (χ1n) is 4.20. The van der Waals surface area contributed by atoms with Crippen molar-refractivity contribution in [1.82, 2.24) is 0 Å². The quantitative estimate of drug-likeness (QED) is 0.800. The van der Waals surface area contributed by atoms with Gasteiger partial charge in [0.25, 0.3) is 0 Å². The first kappa shape index (κ1) is 8.97. The molecule has 14 heavy (non-hydrogen) atoms. The van der Waals surface area contributed by atoms with Crippen LogP contribution in [0.2, 0.25) is 0 Å². The highest BCUT2D eigenvalue weighted by atomic mass is 32.1. The van der Waals surface area contributed by atoms with Crippen LogP contribution in [-0.2, 0) is 0 Å². The number of amides is 1. The molecule has 0 aliphatic carbocycles. The molecule has 0 spiro atoms. The maximum Gasteiger partial charge on any atom is 0.250 e. The number of primary amides is 1. The van der Waals surface area contributed by atoms with E-state index in [1.165, 1.54) is 11.3 Å². The molecule has 2 N–H and O–H groups in total. The number of carbonyl (C=O) groups is 1. The molecule has 2 aromatic rings. The number of thiophene rings is 1. The van der Waals surface area contributed by atoms with E-state index in [-0.39, 0.29) is 5.91 Å². The topological polar surface area (TPSA) is 43.1 Å². The van der Waals surface area contributed by atoms with Gasteiger partial charge in [-0.1, -0.05) is 30.3 Å². The first-order valence-corrected chi connectivity index (χ1v) is 5.15. The molecule has 1 heterocycles. The fourth-order valence-electron chi connectivity index (χ4n) is 1.33. The maximum atomic E-state index is 11.1. The van der Waals surface area contributed by atoms with Gasteiger partial charge in [0.15, 0.2) is 0 Å². The molecule has 0 fully saturated rings. The summed E-state index contributed by atoms with van der Waals surface area (Å²) in [6.45, 7) is 0. The minimum Gasteiger partial charge on any atom is -0.366 e. The number of benzene rings is 1. The predicted molar refractivity (Wildman–Crippen MR) is 58.3 cm³/mol. The first-order chi connectivity index (χ1) is 6.79. The number of carbonyl (C=O) groups excluding carboxylic acids is 1. The SMILES string of the molecule is NC(=O)c1cscc1-c1ccccc1. The summed E-state index contributed by atoms with van der Waals surface area (Å²) in [5.41, 5.74) is 7.81. The molecular formula is C11H9NOS. The fourth-order valence-corrected chi connectivity index (χ4v) is 2.18. The summed E-state index contributed by atoms with van der Waals surface area (Å²) in [6.07, 6.45) is 0. The van der Waals surface area contributed by atoms with Crippen LogP contribution in [0.4, 0.5) is 0 Å². The van der Waals surface area contributed by atoms with Crippen molar-refractivity contribution in [2.45, 2.75) is 0 Å². The van der Waals surface area contributed by atoms with Crippen molar-refractivity contribution in [3.05, 3.63) is 46.7 Å². The lowest BCUT2D eigenvalue weighted by molar-refractivity contribution is 0.100. The zero-order chi connectivity index (χ0) is 9.97. The van der Waals surface area contributed by atoms with Crippen LogP contribution in [0.5, 0.6) is 0 Å². The van der Waals surface area contributed by atoms with Gasteiger partial charge in [-0.05, 0) is 10.9 Å². The third-order valence-electron chi connectivity index (χ3n) is 2.01. The van der Waals surface area contributed by atoms with Crippen molar-refractivity contribution >= 4 is 17.2 Å². The Morgan fingerprint density at radius 1 is 1.14 bits per heavy atom. The summed E-state index contributed by atoms with van der Waals surface area (Å²) in [7, 11) is 0. The molecule has 0 aliphatic heterocycles. The van der Waals surface area contributed by atoms with Gasteiger partial charge in [-0.3, -0.25) is 4.79 Å². The van der Waals surface area contributed by atoms with E-state index in [4.69, 9.17) is 5.73 Å². The molecule has 0 saturated heterocycles. The normalized spacial score (nSPS) is 10.0. The molecule has 0 radical (unpaired) electrons. The molecule has 2 nitrogen and oxygen atoms in total. The number of rotatable bonds is 2. The van der Waals surface area contributed by atoms with Crippen LogP contribution >= 0.6 is 11.3 Å². The highest BCUT2D eigenvalue weighted by Crippen LogP contribution is 2.26. The third kappa shape index (κ3) is 1.54. The minimum atomic E-state index is -0.370. The number of hydrogen-bond acceptors (Lipinski definition) is 2. The molecule has 1 amide bonds. The maximum absolute atomic E-state index is 11.1. The Morgan fingerprint density at radius 2 is 1.86 bits per heavy atom. The van der Waals surface area contributed by atoms with E-state index in [1.54, 1.807) is 5.38 Å². The second kappa shape index (κ2) is 3.64. The lowest BCUT2D eigenvalue weighted by Gasteiger charge is -1.99. The molecule has 0 atom stereocenters. The minimum absolute atomic E-state index is 0.370. The van der Waals surface area contributed by atoms with Crippen molar-refractivity contribution in [2.24, 2.45) is 5.73 Å². The van der Waals surface area contributed by atoms with Crippen LogP contribution in [0.15, 0.2) is 41.1 Å². The standard InChI is InChI=1S/C11H9NOS/c12-11(13)10-7-14-6-9(10)8-4-2-1-3-5-8/h1-7H,(H2,12,13). The van der Waals surface area contributed by atoms with Gasteiger partial charge in [-0.2, -0.15) is 11.3 Å². The van der Waals surface area contributed by atoms with Crippen molar-refractivity contribution in [1.29, 1.82) is 0 Å². The van der Waals surface area contributed by atoms with Gasteiger partial charge in [0, 0.05) is 10.9 Å². The Kier molecular flexibility index (Phi) is 2.33. The molecule has 0 bridgehead atoms. The van der Waals surface area contributed by atoms with Gasteiger partial charge < -0.3 is 5.73 Å². The summed E-state index contributed by atoms with van der Waals surface area (Å²) < 4.78 is 0. The Morgan fingerprint density at radius 3 is 2.50 bits per heavy atom. The van der Waals surface area contributed by atoms with Gasteiger partial charge in [0.1, 0.15) is 0 Å². The third-order valence-corrected chi connectivity index (χ3v) is 2.76. The van der Waals surface area contributed by atoms with E-state index < -0.39 is 0 Å². The Balaban J connectivity index is 2.52. The van der Waals surface area contributed by atoms with E-state index in [2.05, 4.69) is 0 Å². The van der Waals surface area contributed by atoms with Crippen molar-refractivity contribution in [2.75, 3.05) is 0 Å². The van der Waals surface area contributed by atoms with Crippen LogP contribution in [0.25, 0.3) is 11.1 Å². The van der Waals surface area contributed by atoms with Crippen LogP contribution in [0.1, 0.15) is 10.4 Å². The van der Waals surface area contributed by atoms with Gasteiger partial charge in [-0.15, -0.1) is 0 Å². The zero-order valence-corrected chi connectivity index (χ0v) is 8.25. The average Bonchev–Trinajstić information content (AvgIpc) is 2.67. The van der Waals surface area contributed by atoms with Crippen molar-refractivity contribution in [3.8, 4) is 11.1 Å². The monoisotopic (exact) mass is 203 g/mol. The van der Waals surface area contributed by atoms with E-state index in [9.17, 15) is 4.79 Å². The van der Waals surface area contributed by atoms with Crippen LogP contribution in [0, 0.1) is 0 Å². The summed E-state index contributed by atoms with van der Waals surface area (Å²) in [5, 5.41) is 3.72. The molecule has 0 aliphatic rings. The summed E-state index contributed by atoms with van der Waals surface area (Å²) in [5.74, 6) is -0.370. The highest BCUT2D eigenvalue weighted by Gasteiger charge is 2.09. The zero-order valence-electron chi connectivity index (χ0n) is 7.44.